The van der Waals surface area contributed by atoms with Crippen LogP contribution in [0, 0.1) is 0 Å². The van der Waals surface area contributed by atoms with E-state index >= 15 is 0 Å². The van der Waals surface area contributed by atoms with Crippen molar-refractivity contribution in [2.75, 3.05) is 13.2 Å². The number of carbonyl (C=O) groups excluding carboxylic acids is 1. The molecule has 4 atom stereocenters. The summed E-state index contributed by atoms with van der Waals surface area (Å²) >= 11 is 0. The Labute approximate surface area is 138 Å². The van der Waals surface area contributed by atoms with Gasteiger partial charge in [-0.1, -0.05) is 37.3 Å². The van der Waals surface area contributed by atoms with Crippen LogP contribution in [0.25, 0.3) is 0 Å². The van der Waals surface area contributed by atoms with Crippen LogP contribution in [0.3, 0.4) is 0 Å². The first kappa shape index (κ1) is 17.9. The number of aliphatic hydroxyl groups is 2. The van der Waals surface area contributed by atoms with Gasteiger partial charge in [-0.05, 0) is 24.8 Å². The van der Waals surface area contributed by atoms with E-state index in [0.29, 0.717) is 19.4 Å². The van der Waals surface area contributed by atoms with Gasteiger partial charge in [-0.15, -0.1) is 0 Å². The molecule has 1 fully saturated rings. The van der Waals surface area contributed by atoms with Crippen LogP contribution in [-0.2, 0) is 4.79 Å². The normalized spacial score (nSPS) is 25.3. The molecule has 0 radical (unpaired) electrons. The summed E-state index contributed by atoms with van der Waals surface area (Å²) in [7, 11) is 0. The van der Waals surface area contributed by atoms with Crippen LogP contribution in [0.4, 0.5) is 0 Å². The lowest BCUT2D eigenvalue weighted by atomic mass is 9.92. The molecule has 128 valence electrons. The number of aliphatic hydroxyl groups excluding tert-OH is 2. The lowest BCUT2D eigenvalue weighted by molar-refractivity contribution is -0.120. The lowest BCUT2D eigenvalue weighted by Gasteiger charge is -2.20. The predicted octanol–water partition coefficient (Wildman–Crippen LogP) is 1.16. The van der Waals surface area contributed by atoms with Gasteiger partial charge in [-0.2, -0.15) is 0 Å². The van der Waals surface area contributed by atoms with Crippen LogP contribution in [0.15, 0.2) is 30.3 Å². The number of hydrogen-bond acceptors (Lipinski definition) is 4. The highest BCUT2D eigenvalue weighted by Crippen LogP contribution is 2.25. The lowest BCUT2D eigenvalue weighted by Crippen LogP contribution is -2.40. The van der Waals surface area contributed by atoms with Gasteiger partial charge in [0.15, 0.2) is 0 Å². The summed E-state index contributed by atoms with van der Waals surface area (Å²) in [5.74, 6) is 0.137. The van der Waals surface area contributed by atoms with Gasteiger partial charge in [-0.25, -0.2) is 0 Å². The van der Waals surface area contributed by atoms with Crippen LogP contribution in [0.2, 0.25) is 0 Å². The monoisotopic (exact) mass is 320 g/mol. The minimum absolute atomic E-state index is 0.0243. The van der Waals surface area contributed by atoms with Crippen molar-refractivity contribution in [2.24, 2.45) is 0 Å². The molecule has 1 amide bonds. The third kappa shape index (κ3) is 5.30. The molecule has 5 nitrogen and oxygen atoms in total. The summed E-state index contributed by atoms with van der Waals surface area (Å²) in [5, 5.41) is 26.1. The van der Waals surface area contributed by atoms with Crippen LogP contribution in [0.5, 0.6) is 0 Å². The highest BCUT2D eigenvalue weighted by atomic mass is 16.3. The Hall–Kier alpha value is -1.43. The van der Waals surface area contributed by atoms with Crippen LogP contribution in [0.1, 0.15) is 44.1 Å². The molecule has 1 saturated heterocycles. The maximum absolute atomic E-state index is 11.3. The average molecular weight is 320 g/mol. The first-order valence-electron chi connectivity index (χ1n) is 8.50. The average Bonchev–Trinajstić information content (AvgIpc) is 2.94. The number of rotatable bonds is 8. The number of nitrogens with one attached hydrogen (secondary N) is 2. The standard InChI is InChI=1S/C18H28N2O3/c1-2-18(23)19-11-15-10-17(22)16(20-15)9-8-14(12-21)13-6-4-3-5-7-13/h3-7,14-17,20-22H,2,8-12H2,1H3,(H,19,23)/t14?,15-,16+,17-/m0/s1. The Morgan fingerprint density at radius 3 is 2.78 bits per heavy atom. The SMILES string of the molecule is CCC(=O)NC[C@@H]1C[C@H](O)[C@@H](CCC(CO)c2ccccc2)N1. The summed E-state index contributed by atoms with van der Waals surface area (Å²) in [6.45, 7) is 2.50. The summed E-state index contributed by atoms with van der Waals surface area (Å²) in [5.41, 5.74) is 1.13. The second-order valence-electron chi connectivity index (χ2n) is 6.30. The van der Waals surface area contributed by atoms with E-state index in [1.54, 1.807) is 0 Å². The molecular formula is C18H28N2O3. The number of hydrogen-bond donors (Lipinski definition) is 4. The van der Waals surface area contributed by atoms with E-state index < -0.39 is 6.10 Å². The van der Waals surface area contributed by atoms with Crippen molar-refractivity contribution >= 4 is 5.91 Å². The van der Waals surface area contributed by atoms with Crippen molar-refractivity contribution in [3.63, 3.8) is 0 Å². The van der Waals surface area contributed by atoms with E-state index in [1.165, 1.54) is 0 Å². The van der Waals surface area contributed by atoms with E-state index in [4.69, 9.17) is 0 Å². The fourth-order valence-corrected chi connectivity index (χ4v) is 3.19. The Balaban J connectivity index is 1.80. The van der Waals surface area contributed by atoms with Crippen molar-refractivity contribution < 1.29 is 15.0 Å². The maximum atomic E-state index is 11.3. The van der Waals surface area contributed by atoms with Crippen molar-refractivity contribution in [1.29, 1.82) is 0 Å². The first-order valence-corrected chi connectivity index (χ1v) is 8.50. The molecule has 1 aromatic carbocycles. The molecule has 2 rings (SSSR count). The highest BCUT2D eigenvalue weighted by molar-refractivity contribution is 5.75. The number of carbonyl (C=O) groups is 1. The van der Waals surface area contributed by atoms with Gasteiger partial charge in [-0.3, -0.25) is 4.79 Å². The van der Waals surface area contributed by atoms with Crippen LogP contribution >= 0.6 is 0 Å². The van der Waals surface area contributed by atoms with Crippen molar-refractivity contribution in [2.45, 2.75) is 56.7 Å². The van der Waals surface area contributed by atoms with Crippen molar-refractivity contribution in [1.82, 2.24) is 10.6 Å². The van der Waals surface area contributed by atoms with Crippen molar-refractivity contribution in [3.8, 4) is 0 Å². The second kappa shape index (κ2) is 9.01. The van der Waals surface area contributed by atoms with Gasteiger partial charge in [0, 0.05) is 37.6 Å². The second-order valence-corrected chi connectivity index (χ2v) is 6.30. The van der Waals surface area contributed by atoms with Gasteiger partial charge in [0.25, 0.3) is 0 Å². The Morgan fingerprint density at radius 2 is 2.13 bits per heavy atom. The van der Waals surface area contributed by atoms with E-state index in [9.17, 15) is 15.0 Å². The smallest absolute Gasteiger partial charge is 0.219 e. The van der Waals surface area contributed by atoms with Crippen LogP contribution < -0.4 is 10.6 Å². The predicted molar refractivity (Wildman–Crippen MR) is 90.1 cm³/mol. The summed E-state index contributed by atoms with van der Waals surface area (Å²) in [6.07, 6.45) is 2.37. The molecule has 4 N–H and O–H groups in total. The number of amides is 1. The fraction of sp³-hybridized carbons (Fsp3) is 0.611. The third-order valence-corrected chi connectivity index (χ3v) is 4.62. The molecule has 1 aromatic rings. The summed E-state index contributed by atoms with van der Waals surface area (Å²) in [4.78, 5) is 11.3. The largest absolute Gasteiger partial charge is 0.396 e. The first-order chi connectivity index (χ1) is 11.1. The zero-order chi connectivity index (χ0) is 16.7. The summed E-state index contributed by atoms with van der Waals surface area (Å²) in [6, 6.07) is 10.1. The third-order valence-electron chi connectivity index (χ3n) is 4.62. The molecule has 0 aliphatic carbocycles. The molecule has 0 saturated carbocycles. The Kier molecular flexibility index (Phi) is 7.02. The molecular weight excluding hydrogens is 292 g/mol. The van der Waals surface area contributed by atoms with Gasteiger partial charge in [0.1, 0.15) is 0 Å². The van der Waals surface area contributed by atoms with E-state index in [-0.39, 0.29) is 30.5 Å². The molecule has 5 heteroatoms. The van der Waals surface area contributed by atoms with Crippen LogP contribution in [-0.4, -0.2) is 47.5 Å². The zero-order valence-electron chi connectivity index (χ0n) is 13.7. The Morgan fingerprint density at radius 1 is 1.39 bits per heavy atom. The van der Waals surface area contributed by atoms with Gasteiger partial charge in [0.2, 0.25) is 5.91 Å². The minimum atomic E-state index is -0.395. The quantitative estimate of drug-likeness (QED) is 0.579. The van der Waals surface area contributed by atoms with Gasteiger partial charge in [0.05, 0.1) is 6.10 Å². The molecule has 1 aliphatic heterocycles. The topological polar surface area (TPSA) is 81.6 Å². The molecule has 0 spiro atoms. The molecule has 0 aromatic heterocycles. The molecule has 23 heavy (non-hydrogen) atoms. The van der Waals surface area contributed by atoms with E-state index in [1.807, 2.05) is 37.3 Å². The molecule has 1 aliphatic rings. The molecule has 1 heterocycles. The van der Waals surface area contributed by atoms with E-state index in [0.717, 1.165) is 18.4 Å². The minimum Gasteiger partial charge on any atom is -0.396 e. The highest BCUT2D eigenvalue weighted by Gasteiger charge is 2.32. The maximum Gasteiger partial charge on any atom is 0.219 e. The summed E-state index contributed by atoms with van der Waals surface area (Å²) < 4.78 is 0. The molecule has 0 bridgehead atoms. The molecule has 1 unspecified atom stereocenters. The number of benzene rings is 1. The van der Waals surface area contributed by atoms with E-state index in [2.05, 4.69) is 10.6 Å². The van der Waals surface area contributed by atoms with Crippen molar-refractivity contribution in [3.05, 3.63) is 35.9 Å². The van der Waals surface area contributed by atoms with Gasteiger partial charge < -0.3 is 20.8 Å². The zero-order valence-corrected chi connectivity index (χ0v) is 13.7. The van der Waals surface area contributed by atoms with Gasteiger partial charge >= 0.3 is 0 Å². The fourth-order valence-electron chi connectivity index (χ4n) is 3.19. The Bertz CT molecular complexity index is 480.